The van der Waals surface area contributed by atoms with Gasteiger partial charge in [0, 0.05) is 18.0 Å². The summed E-state index contributed by atoms with van der Waals surface area (Å²) in [5.74, 6) is 0.543. The second-order valence-corrected chi connectivity index (χ2v) is 7.50. The standard InChI is InChI=1S/C17H22BrFN4S.HI/c1-4-20-17(22-10-16-11(2)23-12(3)24-16)21-8-7-13-5-6-15(19)14(18)9-13;/h5-6,9H,4,7-8,10H2,1-3H3,(H2,20,21,22);1H. The first-order valence-electron chi connectivity index (χ1n) is 7.88. The summed E-state index contributed by atoms with van der Waals surface area (Å²) in [5, 5.41) is 7.62. The molecule has 0 aliphatic rings. The molecular weight excluding hydrogens is 518 g/mol. The minimum atomic E-state index is -0.239. The van der Waals surface area contributed by atoms with Gasteiger partial charge in [-0.1, -0.05) is 6.07 Å². The highest BCUT2D eigenvalue weighted by Crippen LogP contribution is 2.18. The molecule has 0 bridgehead atoms. The summed E-state index contributed by atoms with van der Waals surface area (Å²) >= 11 is 4.90. The van der Waals surface area contributed by atoms with Crippen LogP contribution in [0.25, 0.3) is 0 Å². The monoisotopic (exact) mass is 540 g/mol. The van der Waals surface area contributed by atoms with E-state index in [9.17, 15) is 4.39 Å². The molecule has 0 fully saturated rings. The topological polar surface area (TPSA) is 49.3 Å². The fourth-order valence-electron chi connectivity index (χ4n) is 2.23. The number of aliphatic imine (C=N–C) groups is 1. The van der Waals surface area contributed by atoms with Crippen molar-refractivity contribution in [3.05, 3.63) is 49.6 Å². The van der Waals surface area contributed by atoms with Gasteiger partial charge >= 0.3 is 0 Å². The molecule has 2 N–H and O–H groups in total. The van der Waals surface area contributed by atoms with Crippen LogP contribution in [-0.2, 0) is 13.0 Å². The summed E-state index contributed by atoms with van der Waals surface area (Å²) in [6.07, 6.45) is 0.794. The van der Waals surface area contributed by atoms with Crippen molar-refractivity contribution in [3.63, 3.8) is 0 Å². The second-order valence-electron chi connectivity index (χ2n) is 5.36. The third-order valence-electron chi connectivity index (χ3n) is 3.41. The summed E-state index contributed by atoms with van der Waals surface area (Å²) in [6, 6.07) is 5.09. The number of hydrogen-bond acceptors (Lipinski definition) is 3. The molecule has 2 rings (SSSR count). The van der Waals surface area contributed by atoms with Crippen LogP contribution in [0.1, 0.15) is 28.1 Å². The lowest BCUT2D eigenvalue weighted by Crippen LogP contribution is -2.38. The molecule has 8 heteroatoms. The lowest BCUT2D eigenvalue weighted by Gasteiger charge is -2.11. The van der Waals surface area contributed by atoms with Crippen LogP contribution < -0.4 is 10.6 Å². The van der Waals surface area contributed by atoms with E-state index in [-0.39, 0.29) is 29.8 Å². The van der Waals surface area contributed by atoms with Crippen molar-refractivity contribution in [1.82, 2.24) is 15.6 Å². The summed E-state index contributed by atoms with van der Waals surface area (Å²) in [4.78, 5) is 10.2. The first kappa shape index (κ1) is 22.3. The van der Waals surface area contributed by atoms with E-state index >= 15 is 0 Å². The molecule has 138 valence electrons. The van der Waals surface area contributed by atoms with Crippen LogP contribution in [0.2, 0.25) is 0 Å². The largest absolute Gasteiger partial charge is 0.357 e. The summed E-state index contributed by atoms with van der Waals surface area (Å²) in [7, 11) is 0. The van der Waals surface area contributed by atoms with Crippen LogP contribution in [0.15, 0.2) is 27.7 Å². The minimum absolute atomic E-state index is 0. The SMILES string of the molecule is CCNC(=NCc1sc(C)nc1C)NCCc1ccc(F)c(Br)c1.I. The van der Waals surface area contributed by atoms with E-state index in [2.05, 4.69) is 36.5 Å². The van der Waals surface area contributed by atoms with Gasteiger partial charge in [-0.3, -0.25) is 0 Å². The lowest BCUT2D eigenvalue weighted by molar-refractivity contribution is 0.620. The lowest BCUT2D eigenvalue weighted by atomic mass is 10.1. The number of thiazole rings is 1. The highest BCUT2D eigenvalue weighted by Gasteiger charge is 2.05. The average Bonchev–Trinajstić information content (AvgIpc) is 2.86. The van der Waals surface area contributed by atoms with Crippen LogP contribution in [0.3, 0.4) is 0 Å². The van der Waals surface area contributed by atoms with Crippen LogP contribution in [0.4, 0.5) is 4.39 Å². The normalized spacial score (nSPS) is 11.2. The molecule has 1 heterocycles. The van der Waals surface area contributed by atoms with E-state index in [4.69, 9.17) is 0 Å². The number of guanidine groups is 1. The van der Waals surface area contributed by atoms with Crippen molar-refractivity contribution < 1.29 is 4.39 Å². The molecule has 0 atom stereocenters. The van der Waals surface area contributed by atoms with Crippen LogP contribution in [-0.4, -0.2) is 24.0 Å². The third kappa shape index (κ3) is 7.18. The summed E-state index contributed by atoms with van der Waals surface area (Å²) in [6.45, 7) is 8.21. The Morgan fingerprint density at radius 3 is 2.68 bits per heavy atom. The van der Waals surface area contributed by atoms with Crippen LogP contribution in [0, 0.1) is 19.7 Å². The molecule has 0 saturated heterocycles. The number of nitrogens with zero attached hydrogens (tertiary/aromatic N) is 2. The van der Waals surface area contributed by atoms with E-state index in [1.165, 1.54) is 10.9 Å². The molecule has 4 nitrogen and oxygen atoms in total. The Morgan fingerprint density at radius 1 is 1.32 bits per heavy atom. The average molecular weight is 541 g/mol. The zero-order valence-electron chi connectivity index (χ0n) is 14.5. The third-order valence-corrected chi connectivity index (χ3v) is 5.08. The molecule has 0 radical (unpaired) electrons. The van der Waals surface area contributed by atoms with Gasteiger partial charge in [-0.15, -0.1) is 35.3 Å². The first-order chi connectivity index (χ1) is 11.5. The van der Waals surface area contributed by atoms with Crippen molar-refractivity contribution in [2.75, 3.05) is 13.1 Å². The first-order valence-corrected chi connectivity index (χ1v) is 9.49. The number of aromatic nitrogens is 1. The van der Waals surface area contributed by atoms with E-state index in [1.54, 1.807) is 17.4 Å². The second kappa shape index (κ2) is 11.1. The number of halogens is 3. The molecule has 0 spiro atoms. The fourth-order valence-corrected chi connectivity index (χ4v) is 3.52. The van der Waals surface area contributed by atoms with Gasteiger partial charge in [-0.25, -0.2) is 14.4 Å². The number of nitrogens with one attached hydrogen (secondary N) is 2. The Morgan fingerprint density at radius 2 is 2.08 bits per heavy atom. The minimum Gasteiger partial charge on any atom is -0.357 e. The van der Waals surface area contributed by atoms with Gasteiger partial charge < -0.3 is 10.6 Å². The maximum absolute atomic E-state index is 13.2. The maximum atomic E-state index is 13.2. The summed E-state index contributed by atoms with van der Waals surface area (Å²) in [5.41, 5.74) is 2.12. The molecule has 0 amide bonds. The van der Waals surface area contributed by atoms with Gasteiger partial charge in [-0.05, 0) is 60.8 Å². The highest BCUT2D eigenvalue weighted by molar-refractivity contribution is 14.0. The predicted molar refractivity (Wildman–Crippen MR) is 118 cm³/mol. The van der Waals surface area contributed by atoms with E-state index in [0.717, 1.165) is 41.7 Å². The Balaban J connectivity index is 0.00000312. The Bertz CT molecular complexity index is 721. The van der Waals surface area contributed by atoms with Gasteiger partial charge in [0.1, 0.15) is 5.82 Å². The van der Waals surface area contributed by atoms with Gasteiger partial charge in [0.2, 0.25) is 0 Å². The Kier molecular flexibility index (Phi) is 9.88. The quantitative estimate of drug-likeness (QED) is 0.320. The van der Waals surface area contributed by atoms with Crippen LogP contribution in [0.5, 0.6) is 0 Å². The van der Waals surface area contributed by atoms with Crippen molar-refractivity contribution in [2.24, 2.45) is 4.99 Å². The van der Waals surface area contributed by atoms with Crippen molar-refractivity contribution >= 4 is 57.2 Å². The van der Waals surface area contributed by atoms with Crippen molar-refractivity contribution in [3.8, 4) is 0 Å². The van der Waals surface area contributed by atoms with E-state index in [1.807, 2.05) is 26.8 Å². The smallest absolute Gasteiger partial charge is 0.191 e. The molecule has 2 aromatic rings. The number of hydrogen-bond donors (Lipinski definition) is 2. The maximum Gasteiger partial charge on any atom is 0.191 e. The zero-order valence-corrected chi connectivity index (χ0v) is 19.3. The molecule has 0 aliphatic heterocycles. The molecule has 25 heavy (non-hydrogen) atoms. The molecule has 1 aromatic carbocycles. The number of rotatable bonds is 6. The van der Waals surface area contributed by atoms with E-state index in [0.29, 0.717) is 11.0 Å². The van der Waals surface area contributed by atoms with Crippen molar-refractivity contribution in [1.29, 1.82) is 0 Å². The molecule has 0 aliphatic carbocycles. The van der Waals surface area contributed by atoms with Gasteiger partial charge in [0.25, 0.3) is 0 Å². The fraction of sp³-hybridized carbons (Fsp3) is 0.412. The van der Waals surface area contributed by atoms with E-state index < -0.39 is 0 Å². The van der Waals surface area contributed by atoms with Gasteiger partial charge in [0.15, 0.2) is 5.96 Å². The molecule has 0 unspecified atom stereocenters. The predicted octanol–water partition coefficient (Wildman–Crippen LogP) is 4.58. The molecule has 0 saturated carbocycles. The van der Waals surface area contributed by atoms with Crippen molar-refractivity contribution in [2.45, 2.75) is 33.7 Å². The zero-order chi connectivity index (χ0) is 17.5. The Labute approximate surface area is 177 Å². The molecular formula is C17H23BrFIN4S. The summed E-state index contributed by atoms with van der Waals surface area (Å²) < 4.78 is 13.7. The van der Waals surface area contributed by atoms with Crippen LogP contribution >= 0.6 is 51.2 Å². The molecule has 1 aromatic heterocycles. The van der Waals surface area contributed by atoms with Gasteiger partial charge in [-0.2, -0.15) is 0 Å². The Hall–Kier alpha value is -0.740. The number of benzene rings is 1. The highest BCUT2D eigenvalue weighted by atomic mass is 127. The number of aryl methyl sites for hydroxylation is 2. The van der Waals surface area contributed by atoms with Gasteiger partial charge in [0.05, 0.1) is 21.7 Å².